The lowest BCUT2D eigenvalue weighted by Gasteiger charge is -2.39. The van der Waals surface area contributed by atoms with Gasteiger partial charge < -0.3 is 10.1 Å². The largest absolute Gasteiger partial charge is 0.383 e. The van der Waals surface area contributed by atoms with Crippen LogP contribution in [-0.4, -0.2) is 26.3 Å². The van der Waals surface area contributed by atoms with Crippen LogP contribution in [0.25, 0.3) is 0 Å². The molecule has 0 aromatic heterocycles. The van der Waals surface area contributed by atoms with Gasteiger partial charge in [0, 0.05) is 19.7 Å². The minimum atomic E-state index is 0.505. The maximum Gasteiger partial charge on any atom is 0.0587 e. The second-order valence-electron chi connectivity index (χ2n) is 6.11. The van der Waals surface area contributed by atoms with Crippen molar-refractivity contribution in [2.75, 3.05) is 20.3 Å². The molecule has 0 aromatic rings. The molecular formula is C13H25NO. The first kappa shape index (κ1) is 11.4. The third-order valence-corrected chi connectivity index (χ3v) is 5.49. The van der Waals surface area contributed by atoms with Crippen LogP contribution in [-0.2, 0) is 4.74 Å². The van der Waals surface area contributed by atoms with E-state index in [-0.39, 0.29) is 0 Å². The highest BCUT2D eigenvalue weighted by Crippen LogP contribution is 2.65. The van der Waals surface area contributed by atoms with E-state index in [0.29, 0.717) is 16.9 Å². The fraction of sp³-hybridized carbons (Fsp3) is 1.00. The molecule has 2 saturated carbocycles. The lowest BCUT2D eigenvalue weighted by molar-refractivity contribution is 0.114. The zero-order valence-corrected chi connectivity index (χ0v) is 10.6. The van der Waals surface area contributed by atoms with Gasteiger partial charge in [-0.15, -0.1) is 0 Å². The summed E-state index contributed by atoms with van der Waals surface area (Å²) in [6.45, 7) is 9.23. The van der Waals surface area contributed by atoms with Crippen LogP contribution in [0.1, 0.15) is 40.0 Å². The van der Waals surface area contributed by atoms with Gasteiger partial charge >= 0.3 is 0 Å². The average molecular weight is 211 g/mol. The molecule has 2 heteroatoms. The van der Waals surface area contributed by atoms with Crippen LogP contribution < -0.4 is 5.32 Å². The molecule has 2 nitrogen and oxygen atoms in total. The van der Waals surface area contributed by atoms with Crippen molar-refractivity contribution >= 4 is 0 Å². The molecule has 2 aliphatic rings. The molecule has 15 heavy (non-hydrogen) atoms. The molecule has 2 bridgehead atoms. The van der Waals surface area contributed by atoms with E-state index < -0.39 is 0 Å². The van der Waals surface area contributed by atoms with E-state index in [4.69, 9.17) is 4.74 Å². The summed E-state index contributed by atoms with van der Waals surface area (Å²) < 4.78 is 5.10. The summed E-state index contributed by atoms with van der Waals surface area (Å²) in [5, 5.41) is 3.69. The number of hydrogen-bond acceptors (Lipinski definition) is 2. The van der Waals surface area contributed by atoms with Crippen molar-refractivity contribution in [3.63, 3.8) is 0 Å². The van der Waals surface area contributed by atoms with Crippen molar-refractivity contribution in [3.8, 4) is 0 Å². The highest BCUT2D eigenvalue weighted by Gasteiger charge is 2.60. The van der Waals surface area contributed by atoms with E-state index in [9.17, 15) is 0 Å². The molecule has 0 saturated heterocycles. The summed E-state index contributed by atoms with van der Waals surface area (Å²) >= 11 is 0. The molecule has 2 fully saturated rings. The predicted octanol–water partition coefficient (Wildman–Crippen LogP) is 2.44. The molecule has 0 aliphatic heterocycles. The Kier molecular flexibility index (Phi) is 2.85. The quantitative estimate of drug-likeness (QED) is 0.721. The van der Waals surface area contributed by atoms with Crippen molar-refractivity contribution in [1.82, 2.24) is 5.32 Å². The molecule has 0 heterocycles. The van der Waals surface area contributed by atoms with Crippen LogP contribution in [0.15, 0.2) is 0 Å². The van der Waals surface area contributed by atoms with Gasteiger partial charge in [-0.3, -0.25) is 0 Å². The lowest BCUT2D eigenvalue weighted by atomic mass is 9.69. The zero-order chi connectivity index (χ0) is 11.1. The summed E-state index contributed by atoms with van der Waals surface area (Å²) in [5.74, 6) is 0.933. The normalized spacial score (nSPS) is 42.4. The Bertz CT molecular complexity index is 239. The number of methoxy groups -OCH3 is 1. The number of nitrogens with one attached hydrogen (secondary N) is 1. The summed E-state index contributed by atoms with van der Waals surface area (Å²) in [6, 6.07) is 0.710. The number of fused-ring (bicyclic) bond motifs is 2. The van der Waals surface area contributed by atoms with Gasteiger partial charge in [-0.25, -0.2) is 0 Å². The summed E-state index contributed by atoms with van der Waals surface area (Å²) in [5.41, 5.74) is 1.03. The van der Waals surface area contributed by atoms with E-state index in [1.54, 1.807) is 7.11 Å². The number of hydrogen-bond donors (Lipinski definition) is 1. The van der Waals surface area contributed by atoms with Crippen molar-refractivity contribution in [3.05, 3.63) is 0 Å². The van der Waals surface area contributed by atoms with Gasteiger partial charge in [0.05, 0.1) is 6.61 Å². The fourth-order valence-electron chi connectivity index (χ4n) is 3.85. The Labute approximate surface area is 93.8 Å². The highest BCUT2D eigenvalue weighted by atomic mass is 16.5. The maximum absolute atomic E-state index is 5.10. The molecule has 3 atom stereocenters. The Hall–Kier alpha value is -0.0800. The SMILES string of the molecule is COCCN[C@@H]1C[C@H]2CC[C@]1(C)C2(C)C. The molecule has 2 rings (SSSR count). The van der Waals surface area contributed by atoms with Crippen LogP contribution in [0.3, 0.4) is 0 Å². The molecule has 0 unspecified atom stereocenters. The second kappa shape index (κ2) is 3.74. The predicted molar refractivity (Wildman–Crippen MR) is 62.9 cm³/mol. The first-order chi connectivity index (χ1) is 7.02. The topological polar surface area (TPSA) is 21.3 Å². The Morgan fingerprint density at radius 2 is 2.07 bits per heavy atom. The zero-order valence-electron chi connectivity index (χ0n) is 10.6. The first-order valence-corrected chi connectivity index (χ1v) is 6.24. The van der Waals surface area contributed by atoms with Gasteiger partial charge in [-0.1, -0.05) is 20.8 Å². The average Bonchev–Trinajstić information content (AvgIpc) is 2.51. The van der Waals surface area contributed by atoms with Gasteiger partial charge in [0.25, 0.3) is 0 Å². The molecule has 1 N–H and O–H groups in total. The number of rotatable bonds is 4. The van der Waals surface area contributed by atoms with Gasteiger partial charge in [0.2, 0.25) is 0 Å². The first-order valence-electron chi connectivity index (χ1n) is 6.24. The molecule has 0 radical (unpaired) electrons. The van der Waals surface area contributed by atoms with Crippen LogP contribution >= 0.6 is 0 Å². The van der Waals surface area contributed by atoms with Crippen LogP contribution in [0.4, 0.5) is 0 Å². The van der Waals surface area contributed by atoms with Crippen LogP contribution in [0.5, 0.6) is 0 Å². The Morgan fingerprint density at radius 3 is 2.53 bits per heavy atom. The summed E-state index contributed by atoms with van der Waals surface area (Å²) in [4.78, 5) is 0. The molecule has 2 aliphatic carbocycles. The van der Waals surface area contributed by atoms with E-state index in [2.05, 4.69) is 26.1 Å². The van der Waals surface area contributed by atoms with E-state index in [1.807, 2.05) is 0 Å². The van der Waals surface area contributed by atoms with Crippen molar-refractivity contribution < 1.29 is 4.74 Å². The Balaban J connectivity index is 1.99. The van der Waals surface area contributed by atoms with Gasteiger partial charge in [-0.05, 0) is 36.0 Å². The third kappa shape index (κ3) is 1.53. The highest BCUT2D eigenvalue weighted by molar-refractivity contribution is 5.12. The van der Waals surface area contributed by atoms with Crippen LogP contribution in [0.2, 0.25) is 0 Å². The summed E-state index contributed by atoms with van der Waals surface area (Å²) in [7, 11) is 1.77. The molecule has 0 amide bonds. The molecular weight excluding hydrogens is 186 g/mol. The lowest BCUT2D eigenvalue weighted by Crippen LogP contribution is -2.45. The van der Waals surface area contributed by atoms with Crippen molar-refractivity contribution in [2.45, 2.75) is 46.1 Å². The maximum atomic E-state index is 5.10. The van der Waals surface area contributed by atoms with Gasteiger partial charge in [-0.2, -0.15) is 0 Å². The van der Waals surface area contributed by atoms with Crippen LogP contribution in [0, 0.1) is 16.7 Å². The van der Waals surface area contributed by atoms with Crippen molar-refractivity contribution in [2.24, 2.45) is 16.7 Å². The second-order valence-corrected chi connectivity index (χ2v) is 6.11. The molecule has 88 valence electrons. The standard InChI is InChI=1S/C13H25NO/c1-12(2)10-5-6-13(12,3)11(9-10)14-7-8-15-4/h10-11,14H,5-9H2,1-4H3/t10-,11-,13+/m1/s1. The van der Waals surface area contributed by atoms with E-state index in [0.717, 1.165) is 19.1 Å². The summed E-state index contributed by atoms with van der Waals surface area (Å²) in [6.07, 6.45) is 4.20. The number of ether oxygens (including phenoxy) is 1. The van der Waals surface area contributed by atoms with Crippen molar-refractivity contribution in [1.29, 1.82) is 0 Å². The monoisotopic (exact) mass is 211 g/mol. The van der Waals surface area contributed by atoms with E-state index >= 15 is 0 Å². The minimum Gasteiger partial charge on any atom is -0.383 e. The smallest absolute Gasteiger partial charge is 0.0587 e. The minimum absolute atomic E-state index is 0.505. The van der Waals surface area contributed by atoms with Gasteiger partial charge in [0.1, 0.15) is 0 Å². The molecule has 0 spiro atoms. The third-order valence-electron chi connectivity index (χ3n) is 5.49. The Morgan fingerprint density at radius 1 is 1.33 bits per heavy atom. The van der Waals surface area contributed by atoms with Gasteiger partial charge in [0.15, 0.2) is 0 Å². The molecule has 0 aromatic carbocycles. The van der Waals surface area contributed by atoms with E-state index in [1.165, 1.54) is 19.3 Å². The fourth-order valence-corrected chi connectivity index (χ4v) is 3.85.